The molecule has 31 heavy (non-hydrogen) atoms. The number of pyridine rings is 1. The Morgan fingerprint density at radius 1 is 1.26 bits per heavy atom. The van der Waals surface area contributed by atoms with Crippen LogP contribution in [-0.4, -0.2) is 51.1 Å². The third-order valence-corrected chi connectivity index (χ3v) is 5.38. The summed E-state index contributed by atoms with van der Waals surface area (Å²) in [6.07, 6.45) is 5.49. The van der Waals surface area contributed by atoms with Gasteiger partial charge in [-0.25, -0.2) is 30.0 Å². The van der Waals surface area contributed by atoms with Crippen LogP contribution >= 0.6 is 0 Å². The maximum absolute atomic E-state index is 14.4. The summed E-state index contributed by atoms with van der Waals surface area (Å²) in [6, 6.07) is 5.22. The molecule has 168 valence electrons. The maximum atomic E-state index is 14.4. The number of rotatable bonds is 8. The lowest BCUT2D eigenvalue weighted by Gasteiger charge is -2.32. The highest BCUT2D eigenvalue weighted by atomic mass is 19.1. The van der Waals surface area contributed by atoms with Crippen LogP contribution < -0.4 is 21.9 Å². The van der Waals surface area contributed by atoms with Crippen molar-refractivity contribution in [2.75, 3.05) is 23.8 Å². The van der Waals surface area contributed by atoms with Gasteiger partial charge in [-0.3, -0.25) is 0 Å². The van der Waals surface area contributed by atoms with E-state index in [0.717, 1.165) is 38.4 Å². The summed E-state index contributed by atoms with van der Waals surface area (Å²) in [7, 11) is 0. The molecule has 5 N–H and O–H groups in total. The lowest BCUT2D eigenvalue weighted by atomic mass is 9.91. The molecule has 0 unspecified atom stereocenters. The van der Waals surface area contributed by atoms with E-state index < -0.39 is 5.82 Å². The molecule has 2 aromatic rings. The van der Waals surface area contributed by atoms with Crippen LogP contribution in [0.1, 0.15) is 46.0 Å². The van der Waals surface area contributed by atoms with E-state index in [2.05, 4.69) is 37.9 Å². The maximum Gasteiger partial charge on any atom is 0.317 e. The van der Waals surface area contributed by atoms with Crippen LogP contribution in [0, 0.1) is 5.82 Å². The second kappa shape index (κ2) is 10.9. The number of nitrogens with zero attached hydrogens (tertiary/aromatic N) is 4. The van der Waals surface area contributed by atoms with Gasteiger partial charge in [0, 0.05) is 25.2 Å². The van der Waals surface area contributed by atoms with Gasteiger partial charge in [0.2, 0.25) is 0 Å². The van der Waals surface area contributed by atoms with Gasteiger partial charge in [-0.05, 0) is 51.2 Å². The lowest BCUT2D eigenvalue weighted by Crippen LogP contribution is -2.48. The number of urea groups is 1. The molecule has 10 heteroatoms. The Hall–Kier alpha value is -3.01. The lowest BCUT2D eigenvalue weighted by molar-refractivity contribution is 0.192. The summed E-state index contributed by atoms with van der Waals surface area (Å²) in [5.41, 5.74) is 2.96. The highest BCUT2D eigenvalue weighted by Crippen LogP contribution is 2.24. The highest BCUT2D eigenvalue weighted by Gasteiger charge is 2.25. The van der Waals surface area contributed by atoms with E-state index in [1.165, 1.54) is 0 Å². The van der Waals surface area contributed by atoms with Gasteiger partial charge in [0.15, 0.2) is 17.5 Å². The number of nitrogen functional groups attached to an aromatic ring is 1. The van der Waals surface area contributed by atoms with Crippen molar-refractivity contribution in [1.29, 1.82) is 0 Å². The summed E-state index contributed by atoms with van der Waals surface area (Å²) < 4.78 is 14.4. The number of hydrogen-bond acceptors (Lipinski definition) is 7. The van der Waals surface area contributed by atoms with Gasteiger partial charge in [-0.2, -0.15) is 0 Å². The molecule has 1 fully saturated rings. The van der Waals surface area contributed by atoms with Crippen molar-refractivity contribution in [3.05, 3.63) is 30.2 Å². The van der Waals surface area contributed by atoms with Crippen LogP contribution in [0.3, 0.4) is 0 Å². The number of aromatic nitrogens is 3. The number of nitrogens with one attached hydrogen (secondary N) is 3. The fraction of sp³-hybridized carbons (Fsp3) is 0.524. The Balaban J connectivity index is 1.67. The van der Waals surface area contributed by atoms with Crippen LogP contribution in [0.25, 0.3) is 11.5 Å². The molecule has 9 nitrogen and oxygen atoms in total. The SMILES string of the molecule is CCCN(CC)C(=O)N[C@@H]1CCC[C@H](Nc2nc(-c3cccc(NN)n3)ncc2F)C1. The third kappa shape index (κ3) is 6.00. The average molecular weight is 431 g/mol. The van der Waals surface area contributed by atoms with Gasteiger partial charge < -0.3 is 21.0 Å². The summed E-state index contributed by atoms with van der Waals surface area (Å²) >= 11 is 0. The predicted octanol–water partition coefficient (Wildman–Crippen LogP) is 3.13. The molecule has 2 amide bonds. The average Bonchev–Trinajstić information content (AvgIpc) is 2.79. The summed E-state index contributed by atoms with van der Waals surface area (Å²) in [6.45, 7) is 5.45. The van der Waals surface area contributed by atoms with E-state index >= 15 is 0 Å². The van der Waals surface area contributed by atoms with E-state index in [9.17, 15) is 9.18 Å². The molecule has 0 spiro atoms. The molecular weight excluding hydrogens is 399 g/mol. The number of nitrogens with two attached hydrogens (primary N) is 1. The first-order valence-electron chi connectivity index (χ1n) is 10.8. The number of halogens is 1. The standard InChI is InChI=1S/C21H31FN8O/c1-3-11-30(4-2)21(31)26-15-8-5-7-14(12-15)25-19-16(22)13-24-20(28-19)17-9-6-10-18(27-17)29-23/h6,9-10,13-15H,3-5,7-8,11-12,23H2,1-2H3,(H,26,31)(H,27,29)(H,24,25,28)/t14-,15+/m0/s1. The molecule has 0 bridgehead atoms. The van der Waals surface area contributed by atoms with Crippen molar-refractivity contribution >= 4 is 17.7 Å². The molecule has 0 saturated heterocycles. The number of hydrogen-bond donors (Lipinski definition) is 4. The van der Waals surface area contributed by atoms with Gasteiger partial charge in [0.1, 0.15) is 11.5 Å². The van der Waals surface area contributed by atoms with Crippen LogP contribution in [-0.2, 0) is 0 Å². The van der Waals surface area contributed by atoms with Gasteiger partial charge in [0.25, 0.3) is 0 Å². The van der Waals surface area contributed by atoms with Crippen molar-refractivity contribution in [3.8, 4) is 11.5 Å². The largest absolute Gasteiger partial charge is 0.365 e. The second-order valence-corrected chi connectivity index (χ2v) is 7.68. The van der Waals surface area contributed by atoms with Gasteiger partial charge in [-0.1, -0.05) is 13.0 Å². The molecule has 2 atom stereocenters. The fourth-order valence-electron chi connectivity index (χ4n) is 3.82. The van der Waals surface area contributed by atoms with Crippen molar-refractivity contribution in [1.82, 2.24) is 25.2 Å². The number of hydrazine groups is 1. The minimum absolute atomic E-state index is 0.00236. The second-order valence-electron chi connectivity index (χ2n) is 7.68. The van der Waals surface area contributed by atoms with Crippen molar-refractivity contribution in [2.24, 2.45) is 5.84 Å². The molecule has 0 radical (unpaired) electrons. The van der Waals surface area contributed by atoms with Gasteiger partial charge in [0.05, 0.1) is 6.20 Å². The highest BCUT2D eigenvalue weighted by molar-refractivity contribution is 5.74. The van der Waals surface area contributed by atoms with Crippen LogP contribution in [0.4, 0.5) is 20.8 Å². The number of carbonyl (C=O) groups is 1. The normalized spacial score (nSPS) is 18.3. The first kappa shape index (κ1) is 22.7. The summed E-state index contributed by atoms with van der Waals surface area (Å²) in [4.78, 5) is 27.0. The molecule has 1 aliphatic rings. The Labute approximate surface area is 182 Å². The molecule has 0 aromatic carbocycles. The van der Waals surface area contributed by atoms with Crippen molar-refractivity contribution in [3.63, 3.8) is 0 Å². The van der Waals surface area contributed by atoms with E-state index in [-0.39, 0.29) is 23.9 Å². The Morgan fingerprint density at radius 2 is 2.06 bits per heavy atom. The Morgan fingerprint density at radius 3 is 2.81 bits per heavy atom. The van der Waals surface area contributed by atoms with Crippen LogP contribution in [0.15, 0.2) is 24.4 Å². The molecule has 3 rings (SSSR count). The van der Waals surface area contributed by atoms with E-state index in [1.54, 1.807) is 18.2 Å². The van der Waals surface area contributed by atoms with Crippen LogP contribution in [0.2, 0.25) is 0 Å². The Kier molecular flexibility index (Phi) is 7.94. The molecular formula is C21H31FN8O. The van der Waals surface area contributed by atoms with Gasteiger partial charge in [-0.15, -0.1) is 0 Å². The molecule has 1 aliphatic carbocycles. The summed E-state index contributed by atoms with van der Waals surface area (Å²) in [5.74, 6) is 5.79. The molecule has 1 saturated carbocycles. The van der Waals surface area contributed by atoms with E-state index in [1.807, 2.05) is 11.8 Å². The molecule has 2 heterocycles. The number of anilines is 2. The minimum atomic E-state index is -0.525. The smallest absolute Gasteiger partial charge is 0.317 e. The molecule has 2 aromatic heterocycles. The minimum Gasteiger partial charge on any atom is -0.365 e. The first-order valence-corrected chi connectivity index (χ1v) is 10.8. The zero-order valence-electron chi connectivity index (χ0n) is 18.1. The van der Waals surface area contributed by atoms with Crippen LogP contribution in [0.5, 0.6) is 0 Å². The van der Waals surface area contributed by atoms with E-state index in [4.69, 9.17) is 5.84 Å². The fourth-order valence-corrected chi connectivity index (χ4v) is 3.82. The first-order chi connectivity index (χ1) is 15.0. The number of amides is 2. The van der Waals surface area contributed by atoms with E-state index in [0.29, 0.717) is 30.3 Å². The quantitative estimate of drug-likeness (QED) is 0.375. The van der Waals surface area contributed by atoms with Crippen molar-refractivity contribution < 1.29 is 9.18 Å². The number of carbonyl (C=O) groups excluding carboxylic acids is 1. The zero-order valence-corrected chi connectivity index (χ0v) is 18.1. The van der Waals surface area contributed by atoms with Crippen molar-refractivity contribution in [2.45, 2.75) is 58.0 Å². The molecule has 0 aliphatic heterocycles. The monoisotopic (exact) mass is 430 g/mol. The summed E-state index contributed by atoms with van der Waals surface area (Å²) in [5, 5.41) is 6.33. The predicted molar refractivity (Wildman–Crippen MR) is 119 cm³/mol. The topological polar surface area (TPSA) is 121 Å². The third-order valence-electron chi connectivity index (χ3n) is 5.38. The zero-order chi connectivity index (χ0) is 22.2. The van der Waals surface area contributed by atoms with Gasteiger partial charge >= 0.3 is 6.03 Å². The Bertz CT molecular complexity index is 880.